The van der Waals surface area contributed by atoms with Crippen molar-refractivity contribution in [3.63, 3.8) is 0 Å². The number of hydrogen-bond acceptors (Lipinski definition) is 2. The molecule has 3 rings (SSSR count). The van der Waals surface area contributed by atoms with Crippen LogP contribution in [0.25, 0.3) is 0 Å². The zero-order valence-electron chi connectivity index (χ0n) is 12.9. The maximum atomic E-state index is 14.3. The van der Waals surface area contributed by atoms with Crippen LogP contribution in [0, 0.1) is 5.82 Å². The average molecular weight is 388 g/mol. The van der Waals surface area contributed by atoms with Gasteiger partial charge in [0.1, 0.15) is 17.7 Å². The highest BCUT2D eigenvalue weighted by molar-refractivity contribution is 9.10. The number of benzene rings is 2. The number of halogens is 2. The van der Waals surface area contributed by atoms with Crippen molar-refractivity contribution in [3.8, 4) is 0 Å². The molecule has 0 unspecified atom stereocenters. The van der Waals surface area contributed by atoms with Gasteiger partial charge in [0.05, 0.1) is 0 Å². The Hall–Kier alpha value is -2.47. The van der Waals surface area contributed by atoms with E-state index < -0.39 is 6.04 Å². The summed E-state index contributed by atoms with van der Waals surface area (Å²) in [6.45, 7) is 0. The maximum absolute atomic E-state index is 14.3. The van der Waals surface area contributed by atoms with Gasteiger partial charge in [0.25, 0.3) is 5.91 Å². The lowest BCUT2D eigenvalue weighted by atomic mass is 10.0. The Morgan fingerprint density at radius 1 is 1.25 bits per heavy atom. The van der Waals surface area contributed by atoms with Gasteiger partial charge in [0, 0.05) is 35.0 Å². The second-order valence-electron chi connectivity index (χ2n) is 5.33. The van der Waals surface area contributed by atoms with Gasteiger partial charge in [-0.2, -0.15) is 0 Å². The van der Waals surface area contributed by atoms with Gasteiger partial charge in [0.2, 0.25) is 0 Å². The number of amides is 1. The molecule has 1 N–H and O–H groups in total. The summed E-state index contributed by atoms with van der Waals surface area (Å²) >= 11 is 3.35. The standard InChI is InChI=1S/C18H15BrFN3O/c1-23-10-9-21-17(23)16(14-7-2-3-8-15(14)20)22-18(24)12-5-4-6-13(19)11-12/h2-11,16H,1H3,(H,22,24)/t16-/m0/s1. The van der Waals surface area contributed by atoms with Crippen molar-refractivity contribution in [1.29, 1.82) is 0 Å². The summed E-state index contributed by atoms with van der Waals surface area (Å²) in [5, 5.41) is 2.88. The van der Waals surface area contributed by atoms with Crippen molar-refractivity contribution in [2.75, 3.05) is 0 Å². The third-order valence-electron chi connectivity index (χ3n) is 3.70. The van der Waals surface area contributed by atoms with Gasteiger partial charge in [0.15, 0.2) is 0 Å². The summed E-state index contributed by atoms with van der Waals surface area (Å²) < 4.78 is 16.8. The lowest BCUT2D eigenvalue weighted by Gasteiger charge is -2.20. The average Bonchev–Trinajstić information content (AvgIpc) is 2.99. The molecule has 0 saturated carbocycles. The minimum Gasteiger partial charge on any atom is -0.338 e. The molecule has 122 valence electrons. The van der Waals surface area contributed by atoms with Crippen LogP contribution in [-0.2, 0) is 7.05 Å². The number of nitrogens with zero attached hydrogens (tertiary/aromatic N) is 2. The Morgan fingerprint density at radius 3 is 2.71 bits per heavy atom. The molecular weight excluding hydrogens is 373 g/mol. The molecule has 6 heteroatoms. The second kappa shape index (κ2) is 6.97. The quantitative estimate of drug-likeness (QED) is 0.738. The Bertz CT molecular complexity index is 878. The smallest absolute Gasteiger partial charge is 0.252 e. The molecule has 0 aliphatic heterocycles. The summed E-state index contributed by atoms with van der Waals surface area (Å²) in [6.07, 6.45) is 3.38. The molecule has 0 radical (unpaired) electrons. The summed E-state index contributed by atoms with van der Waals surface area (Å²) in [5.74, 6) is -0.129. The molecule has 0 aliphatic rings. The van der Waals surface area contributed by atoms with Crippen LogP contribution in [0.15, 0.2) is 65.4 Å². The van der Waals surface area contributed by atoms with Crippen molar-refractivity contribution < 1.29 is 9.18 Å². The summed E-state index contributed by atoms with van der Waals surface area (Å²) in [7, 11) is 1.81. The lowest BCUT2D eigenvalue weighted by molar-refractivity contribution is 0.0940. The molecule has 1 heterocycles. The van der Waals surface area contributed by atoms with Gasteiger partial charge in [-0.15, -0.1) is 0 Å². The molecule has 0 aliphatic carbocycles. The van der Waals surface area contributed by atoms with Crippen LogP contribution in [0.2, 0.25) is 0 Å². The lowest BCUT2D eigenvalue weighted by Crippen LogP contribution is -2.31. The molecule has 0 spiro atoms. The predicted octanol–water partition coefficient (Wildman–Crippen LogP) is 3.84. The minimum absolute atomic E-state index is 0.299. The monoisotopic (exact) mass is 387 g/mol. The molecule has 1 aromatic heterocycles. The van der Waals surface area contributed by atoms with E-state index in [1.54, 1.807) is 60.4 Å². The summed E-state index contributed by atoms with van der Waals surface area (Å²) in [5.41, 5.74) is 0.857. The van der Waals surface area contributed by atoms with Gasteiger partial charge in [-0.3, -0.25) is 4.79 Å². The zero-order valence-corrected chi connectivity index (χ0v) is 14.5. The van der Waals surface area contributed by atoms with Crippen LogP contribution in [-0.4, -0.2) is 15.5 Å². The van der Waals surface area contributed by atoms with E-state index in [1.807, 2.05) is 6.07 Å². The number of carbonyl (C=O) groups is 1. The van der Waals surface area contributed by atoms with Crippen LogP contribution in [0.5, 0.6) is 0 Å². The summed E-state index contributed by atoms with van der Waals surface area (Å²) in [4.78, 5) is 16.9. The fourth-order valence-electron chi connectivity index (χ4n) is 2.49. The van der Waals surface area contributed by atoms with Crippen LogP contribution < -0.4 is 5.32 Å². The number of imidazole rings is 1. The normalized spacial score (nSPS) is 12.0. The van der Waals surface area contributed by atoms with Gasteiger partial charge in [-0.25, -0.2) is 9.37 Å². The van der Waals surface area contributed by atoms with E-state index in [0.29, 0.717) is 17.0 Å². The highest BCUT2D eigenvalue weighted by atomic mass is 79.9. The van der Waals surface area contributed by atoms with Gasteiger partial charge in [-0.05, 0) is 24.3 Å². The van der Waals surface area contributed by atoms with E-state index in [1.165, 1.54) is 6.07 Å². The molecule has 0 fully saturated rings. The van der Waals surface area contributed by atoms with E-state index >= 15 is 0 Å². The molecule has 3 aromatic rings. The first-order valence-electron chi connectivity index (χ1n) is 7.34. The van der Waals surface area contributed by atoms with Crippen molar-refractivity contribution in [2.24, 2.45) is 7.05 Å². The second-order valence-corrected chi connectivity index (χ2v) is 6.25. The number of rotatable bonds is 4. The Balaban J connectivity index is 1.98. The molecule has 24 heavy (non-hydrogen) atoms. The first kappa shape index (κ1) is 16.4. The Morgan fingerprint density at radius 2 is 2.04 bits per heavy atom. The number of aryl methyl sites for hydroxylation is 1. The van der Waals surface area contributed by atoms with Crippen LogP contribution >= 0.6 is 15.9 Å². The molecule has 4 nitrogen and oxygen atoms in total. The van der Waals surface area contributed by atoms with Gasteiger partial charge in [-0.1, -0.05) is 40.2 Å². The molecule has 1 amide bonds. The largest absolute Gasteiger partial charge is 0.338 e. The Kier molecular flexibility index (Phi) is 4.76. The number of carbonyl (C=O) groups excluding carboxylic acids is 1. The number of nitrogens with one attached hydrogen (secondary N) is 1. The van der Waals surface area contributed by atoms with Crippen molar-refractivity contribution >= 4 is 21.8 Å². The molecule has 1 atom stereocenters. The van der Waals surface area contributed by atoms with Gasteiger partial charge < -0.3 is 9.88 Å². The minimum atomic E-state index is -0.683. The van der Waals surface area contributed by atoms with E-state index in [2.05, 4.69) is 26.2 Å². The van der Waals surface area contributed by atoms with Crippen LogP contribution in [0.3, 0.4) is 0 Å². The third-order valence-corrected chi connectivity index (χ3v) is 4.19. The van der Waals surface area contributed by atoms with E-state index in [9.17, 15) is 9.18 Å². The Labute approximate surface area is 147 Å². The summed E-state index contributed by atoms with van der Waals surface area (Å²) in [6, 6.07) is 12.7. The number of aromatic nitrogens is 2. The SMILES string of the molecule is Cn1ccnc1[C@@H](NC(=O)c1cccc(Br)c1)c1ccccc1F. The fraction of sp³-hybridized carbons (Fsp3) is 0.111. The highest BCUT2D eigenvalue weighted by Crippen LogP contribution is 2.24. The van der Waals surface area contributed by atoms with E-state index in [-0.39, 0.29) is 11.7 Å². The molecule has 0 saturated heterocycles. The van der Waals surface area contributed by atoms with Crippen molar-refractivity contribution in [3.05, 3.63) is 88.2 Å². The predicted molar refractivity (Wildman–Crippen MR) is 93.1 cm³/mol. The third kappa shape index (κ3) is 3.38. The molecular formula is C18H15BrFN3O. The fourth-order valence-corrected chi connectivity index (χ4v) is 2.89. The van der Waals surface area contributed by atoms with Crippen molar-refractivity contribution in [1.82, 2.24) is 14.9 Å². The number of hydrogen-bond donors (Lipinski definition) is 1. The van der Waals surface area contributed by atoms with Crippen LogP contribution in [0.4, 0.5) is 4.39 Å². The zero-order chi connectivity index (χ0) is 17.1. The molecule has 2 aromatic carbocycles. The van der Waals surface area contributed by atoms with Crippen molar-refractivity contribution in [2.45, 2.75) is 6.04 Å². The van der Waals surface area contributed by atoms with Crippen LogP contribution in [0.1, 0.15) is 27.8 Å². The first-order valence-corrected chi connectivity index (χ1v) is 8.13. The van der Waals surface area contributed by atoms with E-state index in [0.717, 1.165) is 4.47 Å². The van der Waals surface area contributed by atoms with Gasteiger partial charge >= 0.3 is 0 Å². The van der Waals surface area contributed by atoms with E-state index in [4.69, 9.17) is 0 Å². The topological polar surface area (TPSA) is 46.9 Å². The highest BCUT2D eigenvalue weighted by Gasteiger charge is 2.24. The molecule has 0 bridgehead atoms. The first-order chi connectivity index (χ1) is 11.6. The maximum Gasteiger partial charge on any atom is 0.252 e.